The highest BCUT2D eigenvalue weighted by atomic mass is 16.5. The summed E-state index contributed by atoms with van der Waals surface area (Å²) in [6.45, 7) is 2.73. The van der Waals surface area contributed by atoms with Crippen molar-refractivity contribution in [2.24, 2.45) is 5.73 Å². The second-order valence-electron chi connectivity index (χ2n) is 4.42. The van der Waals surface area contributed by atoms with Gasteiger partial charge >= 0.3 is 0 Å². The highest BCUT2D eigenvalue weighted by molar-refractivity contribution is 5.26. The molecule has 0 aliphatic carbocycles. The molecule has 18 heavy (non-hydrogen) atoms. The maximum atomic E-state index is 6.29. The number of methoxy groups -OCH3 is 1. The molecule has 2 aromatic rings. The van der Waals surface area contributed by atoms with E-state index in [4.69, 9.17) is 10.5 Å². The largest absolute Gasteiger partial charge is 0.383 e. The number of aromatic nitrogens is 2. The van der Waals surface area contributed by atoms with Gasteiger partial charge in [-0.25, -0.2) is 4.98 Å². The van der Waals surface area contributed by atoms with Crippen molar-refractivity contribution >= 4 is 0 Å². The van der Waals surface area contributed by atoms with Crippen LogP contribution in [0.4, 0.5) is 0 Å². The second-order valence-corrected chi connectivity index (χ2v) is 4.42. The molecule has 0 saturated carbocycles. The molecule has 0 radical (unpaired) electrons. The molecule has 1 aromatic heterocycles. The number of hydrogen-bond acceptors (Lipinski definition) is 3. The third-order valence-electron chi connectivity index (χ3n) is 3.06. The fourth-order valence-corrected chi connectivity index (χ4v) is 2.08. The van der Waals surface area contributed by atoms with Gasteiger partial charge in [0.1, 0.15) is 0 Å². The summed E-state index contributed by atoms with van der Waals surface area (Å²) < 4.78 is 7.25. The first-order valence-corrected chi connectivity index (χ1v) is 6.05. The molecule has 4 nitrogen and oxygen atoms in total. The quantitative estimate of drug-likeness (QED) is 0.878. The van der Waals surface area contributed by atoms with Gasteiger partial charge in [-0.05, 0) is 12.5 Å². The van der Waals surface area contributed by atoms with E-state index in [0.717, 1.165) is 11.3 Å². The first-order chi connectivity index (χ1) is 8.74. The van der Waals surface area contributed by atoms with Gasteiger partial charge in [0.05, 0.1) is 36.9 Å². The Morgan fingerprint density at radius 1 is 1.33 bits per heavy atom. The number of nitrogens with zero attached hydrogens (tertiary/aromatic N) is 2. The van der Waals surface area contributed by atoms with Crippen molar-refractivity contribution < 1.29 is 4.74 Å². The average Bonchev–Trinajstić information content (AvgIpc) is 2.88. The van der Waals surface area contributed by atoms with Gasteiger partial charge in [0, 0.05) is 7.11 Å². The van der Waals surface area contributed by atoms with Crippen molar-refractivity contribution in [2.75, 3.05) is 13.7 Å². The third kappa shape index (κ3) is 2.60. The molecule has 1 heterocycles. The number of nitrogens with two attached hydrogens (primary N) is 1. The van der Waals surface area contributed by atoms with E-state index in [-0.39, 0.29) is 12.1 Å². The van der Waals surface area contributed by atoms with Crippen molar-refractivity contribution in [1.29, 1.82) is 0 Å². The van der Waals surface area contributed by atoms with E-state index in [9.17, 15) is 0 Å². The second kappa shape index (κ2) is 5.80. The summed E-state index contributed by atoms with van der Waals surface area (Å²) >= 11 is 0. The van der Waals surface area contributed by atoms with Crippen molar-refractivity contribution in [3.63, 3.8) is 0 Å². The van der Waals surface area contributed by atoms with E-state index in [1.54, 1.807) is 7.11 Å². The highest BCUT2D eigenvalue weighted by Gasteiger charge is 2.16. The maximum Gasteiger partial charge on any atom is 0.0952 e. The average molecular weight is 245 g/mol. The fraction of sp³-hybridized carbons (Fsp3) is 0.357. The fourth-order valence-electron chi connectivity index (χ4n) is 2.08. The van der Waals surface area contributed by atoms with Gasteiger partial charge < -0.3 is 15.0 Å². The number of benzene rings is 1. The Hall–Kier alpha value is -1.65. The normalized spacial score (nSPS) is 14.4. The summed E-state index contributed by atoms with van der Waals surface area (Å²) in [6.07, 6.45) is 3.63. The highest BCUT2D eigenvalue weighted by Crippen LogP contribution is 2.21. The van der Waals surface area contributed by atoms with Gasteiger partial charge in [-0.3, -0.25) is 0 Å². The van der Waals surface area contributed by atoms with E-state index in [1.807, 2.05) is 42.9 Å². The van der Waals surface area contributed by atoms with Crippen LogP contribution in [0.15, 0.2) is 42.9 Å². The van der Waals surface area contributed by atoms with Gasteiger partial charge in [-0.15, -0.1) is 0 Å². The van der Waals surface area contributed by atoms with E-state index in [2.05, 4.69) is 16.5 Å². The SMILES string of the molecule is COCC(C)n1cncc1C(N)c1ccccc1. The van der Waals surface area contributed by atoms with Crippen LogP contribution < -0.4 is 5.73 Å². The number of rotatable bonds is 5. The van der Waals surface area contributed by atoms with Gasteiger partial charge in [0.15, 0.2) is 0 Å². The molecule has 1 aromatic carbocycles. The molecular weight excluding hydrogens is 226 g/mol. The zero-order chi connectivity index (χ0) is 13.0. The molecule has 0 bridgehead atoms. The van der Waals surface area contributed by atoms with Crippen molar-refractivity contribution in [3.8, 4) is 0 Å². The minimum atomic E-state index is -0.159. The van der Waals surface area contributed by atoms with Crippen LogP contribution in [0.3, 0.4) is 0 Å². The lowest BCUT2D eigenvalue weighted by atomic mass is 10.0. The lowest BCUT2D eigenvalue weighted by molar-refractivity contribution is 0.161. The summed E-state index contributed by atoms with van der Waals surface area (Å²) in [5.41, 5.74) is 8.39. The zero-order valence-electron chi connectivity index (χ0n) is 10.8. The number of ether oxygens (including phenoxy) is 1. The molecule has 2 rings (SSSR count). The summed E-state index contributed by atoms with van der Waals surface area (Å²) in [7, 11) is 1.70. The standard InChI is InChI=1S/C14H19N3O/c1-11(9-18-2)17-10-16-8-13(17)14(15)12-6-4-3-5-7-12/h3-8,10-11,14H,9,15H2,1-2H3. The molecule has 0 fully saturated rings. The Bertz CT molecular complexity index is 481. The lowest BCUT2D eigenvalue weighted by Crippen LogP contribution is -2.20. The molecule has 2 N–H and O–H groups in total. The molecule has 2 atom stereocenters. The van der Waals surface area contributed by atoms with Crippen LogP contribution >= 0.6 is 0 Å². The maximum absolute atomic E-state index is 6.29. The first-order valence-electron chi connectivity index (χ1n) is 6.05. The zero-order valence-corrected chi connectivity index (χ0v) is 10.8. The van der Waals surface area contributed by atoms with Gasteiger partial charge in [-0.1, -0.05) is 30.3 Å². The van der Waals surface area contributed by atoms with Crippen LogP contribution in [0, 0.1) is 0 Å². The Balaban J connectivity index is 2.26. The summed E-state index contributed by atoms with van der Waals surface area (Å²) in [4.78, 5) is 4.20. The van der Waals surface area contributed by atoms with Crippen LogP contribution in [0.1, 0.15) is 30.3 Å². The molecule has 0 saturated heterocycles. The topological polar surface area (TPSA) is 53.1 Å². The Morgan fingerprint density at radius 2 is 2.06 bits per heavy atom. The van der Waals surface area contributed by atoms with Crippen LogP contribution in [0.2, 0.25) is 0 Å². The van der Waals surface area contributed by atoms with Gasteiger partial charge in [-0.2, -0.15) is 0 Å². The number of imidazole rings is 1. The smallest absolute Gasteiger partial charge is 0.0952 e. The molecular formula is C14H19N3O. The van der Waals surface area contributed by atoms with Crippen LogP contribution in [-0.2, 0) is 4.74 Å². The predicted octanol–water partition coefficient (Wildman–Crippen LogP) is 2.14. The van der Waals surface area contributed by atoms with E-state index in [1.165, 1.54) is 0 Å². The molecule has 0 aliphatic rings. The lowest BCUT2D eigenvalue weighted by Gasteiger charge is -2.19. The Labute approximate surface area is 107 Å². The summed E-state index contributed by atoms with van der Waals surface area (Å²) in [6, 6.07) is 10.1. The van der Waals surface area contributed by atoms with Crippen molar-refractivity contribution in [1.82, 2.24) is 9.55 Å². The van der Waals surface area contributed by atoms with Crippen molar-refractivity contribution in [2.45, 2.75) is 19.0 Å². The van der Waals surface area contributed by atoms with Crippen LogP contribution in [-0.4, -0.2) is 23.3 Å². The summed E-state index contributed by atoms with van der Waals surface area (Å²) in [5, 5.41) is 0. The van der Waals surface area contributed by atoms with Gasteiger partial charge in [0.25, 0.3) is 0 Å². The predicted molar refractivity (Wildman–Crippen MR) is 71.3 cm³/mol. The molecule has 0 amide bonds. The minimum Gasteiger partial charge on any atom is -0.383 e. The van der Waals surface area contributed by atoms with Gasteiger partial charge in [0.2, 0.25) is 0 Å². The molecule has 0 spiro atoms. The molecule has 0 aliphatic heterocycles. The molecule has 4 heteroatoms. The molecule has 2 unspecified atom stereocenters. The first kappa shape index (κ1) is 12.8. The van der Waals surface area contributed by atoms with Crippen LogP contribution in [0.25, 0.3) is 0 Å². The van der Waals surface area contributed by atoms with E-state index < -0.39 is 0 Å². The Kier molecular flexibility index (Phi) is 4.12. The summed E-state index contributed by atoms with van der Waals surface area (Å²) in [5.74, 6) is 0. The van der Waals surface area contributed by atoms with E-state index in [0.29, 0.717) is 6.61 Å². The van der Waals surface area contributed by atoms with E-state index >= 15 is 0 Å². The monoisotopic (exact) mass is 245 g/mol. The number of hydrogen-bond donors (Lipinski definition) is 1. The Morgan fingerprint density at radius 3 is 2.72 bits per heavy atom. The van der Waals surface area contributed by atoms with Crippen LogP contribution in [0.5, 0.6) is 0 Å². The third-order valence-corrected chi connectivity index (χ3v) is 3.06. The minimum absolute atomic E-state index is 0.159. The molecule has 96 valence electrons. The van der Waals surface area contributed by atoms with Crippen molar-refractivity contribution in [3.05, 3.63) is 54.1 Å².